The van der Waals surface area contributed by atoms with E-state index in [2.05, 4.69) is 85.9 Å². The lowest BCUT2D eigenvalue weighted by atomic mass is 9.94. The average Bonchev–Trinajstić information content (AvgIpc) is 2.53. The van der Waals surface area contributed by atoms with E-state index in [4.69, 9.17) is 0 Å². The summed E-state index contributed by atoms with van der Waals surface area (Å²) in [4.78, 5) is 0. The fourth-order valence-corrected chi connectivity index (χ4v) is 2.71. The second kappa shape index (κ2) is 6.11. The summed E-state index contributed by atoms with van der Waals surface area (Å²) in [6, 6.07) is 24.3. The van der Waals surface area contributed by atoms with Crippen LogP contribution in [0.15, 0.2) is 66.7 Å². The van der Waals surface area contributed by atoms with E-state index >= 15 is 0 Å². The minimum Gasteiger partial charge on any atom is -0.310 e. The molecule has 0 saturated heterocycles. The van der Waals surface area contributed by atoms with E-state index in [0.29, 0.717) is 6.04 Å². The zero-order valence-corrected chi connectivity index (χ0v) is 12.6. The van der Waals surface area contributed by atoms with Crippen molar-refractivity contribution in [1.29, 1.82) is 0 Å². The number of rotatable bonds is 4. The van der Waals surface area contributed by atoms with Gasteiger partial charge in [0.2, 0.25) is 0 Å². The molecule has 0 atom stereocenters. The van der Waals surface area contributed by atoms with Gasteiger partial charge < -0.3 is 5.32 Å². The molecule has 1 N–H and O–H groups in total. The molecular formula is C20H21N. The third kappa shape index (κ3) is 2.98. The lowest BCUT2D eigenvalue weighted by molar-refractivity contribution is 0.589. The molecule has 106 valence electrons. The summed E-state index contributed by atoms with van der Waals surface area (Å²) in [5, 5.41) is 6.13. The Balaban J connectivity index is 2.10. The van der Waals surface area contributed by atoms with Gasteiger partial charge in [-0.15, -0.1) is 0 Å². The Hall–Kier alpha value is -2.12. The first kappa shape index (κ1) is 13.8. The molecule has 0 spiro atoms. The maximum atomic E-state index is 3.52. The maximum Gasteiger partial charge on any atom is 0.0214 e. The molecule has 0 aromatic heterocycles. The summed E-state index contributed by atoms with van der Waals surface area (Å²) < 4.78 is 0. The van der Waals surface area contributed by atoms with Crippen molar-refractivity contribution in [3.05, 3.63) is 72.3 Å². The van der Waals surface area contributed by atoms with Gasteiger partial charge in [-0.3, -0.25) is 0 Å². The minimum absolute atomic E-state index is 0.491. The van der Waals surface area contributed by atoms with Crippen molar-refractivity contribution in [3.63, 3.8) is 0 Å². The SMILES string of the molecule is CC(C)NCc1ccccc1-c1cccc2ccccc12. The molecule has 0 fully saturated rings. The minimum atomic E-state index is 0.491. The van der Waals surface area contributed by atoms with Crippen LogP contribution >= 0.6 is 0 Å². The zero-order valence-electron chi connectivity index (χ0n) is 12.6. The number of hydrogen-bond donors (Lipinski definition) is 1. The fraction of sp³-hybridized carbons (Fsp3) is 0.200. The molecule has 3 aromatic rings. The van der Waals surface area contributed by atoms with Gasteiger partial charge in [0, 0.05) is 12.6 Å². The van der Waals surface area contributed by atoms with Crippen LogP contribution in [-0.2, 0) is 6.54 Å². The van der Waals surface area contributed by atoms with Gasteiger partial charge in [-0.05, 0) is 27.5 Å². The van der Waals surface area contributed by atoms with Gasteiger partial charge in [-0.1, -0.05) is 80.6 Å². The Morgan fingerprint density at radius 1 is 0.762 bits per heavy atom. The highest BCUT2D eigenvalue weighted by Crippen LogP contribution is 2.30. The normalized spacial score (nSPS) is 11.2. The fourth-order valence-electron chi connectivity index (χ4n) is 2.71. The maximum absolute atomic E-state index is 3.52. The molecule has 1 nitrogen and oxygen atoms in total. The second-order valence-corrected chi connectivity index (χ2v) is 5.72. The van der Waals surface area contributed by atoms with E-state index in [1.54, 1.807) is 0 Å². The molecule has 0 saturated carbocycles. The summed E-state index contributed by atoms with van der Waals surface area (Å²) >= 11 is 0. The van der Waals surface area contributed by atoms with Crippen molar-refractivity contribution in [2.75, 3.05) is 0 Å². The predicted molar refractivity (Wildman–Crippen MR) is 91.4 cm³/mol. The van der Waals surface area contributed by atoms with E-state index in [1.807, 2.05) is 0 Å². The van der Waals surface area contributed by atoms with Crippen molar-refractivity contribution in [2.24, 2.45) is 0 Å². The highest BCUT2D eigenvalue weighted by Gasteiger charge is 2.08. The third-order valence-electron chi connectivity index (χ3n) is 3.80. The largest absolute Gasteiger partial charge is 0.310 e. The van der Waals surface area contributed by atoms with Gasteiger partial charge in [-0.25, -0.2) is 0 Å². The van der Waals surface area contributed by atoms with Gasteiger partial charge in [0.05, 0.1) is 0 Å². The molecule has 3 rings (SSSR count). The highest BCUT2D eigenvalue weighted by molar-refractivity contribution is 5.97. The summed E-state index contributed by atoms with van der Waals surface area (Å²) in [5.41, 5.74) is 3.99. The Morgan fingerprint density at radius 3 is 2.29 bits per heavy atom. The molecule has 0 aliphatic rings. The molecule has 0 aliphatic heterocycles. The third-order valence-corrected chi connectivity index (χ3v) is 3.80. The Morgan fingerprint density at radius 2 is 1.43 bits per heavy atom. The monoisotopic (exact) mass is 275 g/mol. The van der Waals surface area contributed by atoms with E-state index in [1.165, 1.54) is 27.5 Å². The van der Waals surface area contributed by atoms with Crippen LogP contribution in [0.3, 0.4) is 0 Å². The first-order chi connectivity index (χ1) is 10.3. The van der Waals surface area contributed by atoms with Gasteiger partial charge in [0.25, 0.3) is 0 Å². The smallest absolute Gasteiger partial charge is 0.0214 e. The van der Waals surface area contributed by atoms with E-state index in [0.717, 1.165) is 6.54 Å². The molecule has 0 bridgehead atoms. The molecule has 3 aromatic carbocycles. The van der Waals surface area contributed by atoms with Crippen LogP contribution in [0.5, 0.6) is 0 Å². The van der Waals surface area contributed by atoms with Crippen LogP contribution in [-0.4, -0.2) is 6.04 Å². The lowest BCUT2D eigenvalue weighted by Crippen LogP contribution is -2.22. The van der Waals surface area contributed by atoms with Crippen LogP contribution in [0.2, 0.25) is 0 Å². The molecular weight excluding hydrogens is 254 g/mol. The number of fused-ring (bicyclic) bond motifs is 1. The van der Waals surface area contributed by atoms with E-state index in [-0.39, 0.29) is 0 Å². The standard InChI is InChI=1S/C20H21N/c1-15(2)21-14-17-9-4-6-12-19(17)20-13-7-10-16-8-3-5-11-18(16)20/h3-13,15,21H,14H2,1-2H3. The molecule has 0 amide bonds. The van der Waals surface area contributed by atoms with Crippen molar-refractivity contribution in [3.8, 4) is 11.1 Å². The van der Waals surface area contributed by atoms with Gasteiger partial charge >= 0.3 is 0 Å². The van der Waals surface area contributed by atoms with Crippen LogP contribution in [0.1, 0.15) is 19.4 Å². The summed E-state index contributed by atoms with van der Waals surface area (Å²) in [6.07, 6.45) is 0. The van der Waals surface area contributed by atoms with Gasteiger partial charge in [0.15, 0.2) is 0 Å². The van der Waals surface area contributed by atoms with Gasteiger partial charge in [-0.2, -0.15) is 0 Å². The first-order valence-electron chi connectivity index (χ1n) is 7.55. The van der Waals surface area contributed by atoms with Crippen molar-refractivity contribution in [2.45, 2.75) is 26.4 Å². The number of benzene rings is 3. The molecule has 0 unspecified atom stereocenters. The number of nitrogens with one attached hydrogen (secondary N) is 1. The Kier molecular flexibility index (Phi) is 4.03. The topological polar surface area (TPSA) is 12.0 Å². The second-order valence-electron chi connectivity index (χ2n) is 5.72. The van der Waals surface area contributed by atoms with E-state index < -0.39 is 0 Å². The molecule has 0 heterocycles. The molecule has 1 heteroatoms. The van der Waals surface area contributed by atoms with Crippen LogP contribution in [0, 0.1) is 0 Å². The number of hydrogen-bond acceptors (Lipinski definition) is 1. The molecule has 0 aliphatic carbocycles. The summed E-state index contributed by atoms with van der Waals surface area (Å²) in [5.74, 6) is 0. The molecule has 0 radical (unpaired) electrons. The first-order valence-corrected chi connectivity index (χ1v) is 7.55. The summed E-state index contributed by atoms with van der Waals surface area (Å²) in [6.45, 7) is 5.26. The van der Waals surface area contributed by atoms with Crippen molar-refractivity contribution < 1.29 is 0 Å². The average molecular weight is 275 g/mol. The Labute approximate surface area is 126 Å². The lowest BCUT2D eigenvalue weighted by Gasteiger charge is -2.14. The Bertz CT molecular complexity index is 738. The van der Waals surface area contributed by atoms with Crippen LogP contribution in [0.4, 0.5) is 0 Å². The van der Waals surface area contributed by atoms with Gasteiger partial charge in [0.1, 0.15) is 0 Å². The predicted octanol–water partition coefficient (Wildman–Crippen LogP) is 5.00. The van der Waals surface area contributed by atoms with Crippen LogP contribution < -0.4 is 5.32 Å². The molecule has 21 heavy (non-hydrogen) atoms. The quantitative estimate of drug-likeness (QED) is 0.706. The van der Waals surface area contributed by atoms with Crippen LogP contribution in [0.25, 0.3) is 21.9 Å². The van der Waals surface area contributed by atoms with Crippen molar-refractivity contribution in [1.82, 2.24) is 5.32 Å². The van der Waals surface area contributed by atoms with Crippen molar-refractivity contribution >= 4 is 10.8 Å². The van der Waals surface area contributed by atoms with E-state index in [9.17, 15) is 0 Å². The zero-order chi connectivity index (χ0) is 14.7. The summed E-state index contributed by atoms with van der Waals surface area (Å²) in [7, 11) is 0. The highest BCUT2D eigenvalue weighted by atomic mass is 14.9.